The molecular weight excluding hydrogens is 356 g/mol. The van der Waals surface area contributed by atoms with Crippen LogP contribution in [0.25, 0.3) is 17.2 Å². The standard InChI is InChI=1S/C21H16N4O3/c1-10-13(4-12-5-16(26-3)20-17(6-12)27-9-28-20)18-11(2)15(8-23)21(24)25-19(18)14(10)7-22/h4-6H,9H2,1-3H3,(H2,24,25)/b13-4-. The van der Waals surface area contributed by atoms with E-state index in [1.165, 1.54) is 0 Å². The number of methoxy groups -OCH3 is 1. The molecule has 0 spiro atoms. The Balaban J connectivity index is 1.97. The van der Waals surface area contributed by atoms with Crippen molar-refractivity contribution in [2.24, 2.45) is 0 Å². The molecule has 1 aliphatic heterocycles. The fourth-order valence-electron chi connectivity index (χ4n) is 3.60. The Morgan fingerprint density at radius 2 is 2.00 bits per heavy atom. The number of allylic oxidation sites excluding steroid dienone is 3. The fourth-order valence-corrected chi connectivity index (χ4v) is 3.60. The van der Waals surface area contributed by atoms with Crippen LogP contribution in [0.3, 0.4) is 0 Å². The van der Waals surface area contributed by atoms with E-state index in [9.17, 15) is 10.5 Å². The summed E-state index contributed by atoms with van der Waals surface area (Å²) in [6.07, 6.45) is 1.93. The van der Waals surface area contributed by atoms with Gasteiger partial charge >= 0.3 is 0 Å². The first-order chi connectivity index (χ1) is 13.5. The zero-order chi connectivity index (χ0) is 20.0. The molecule has 1 aliphatic carbocycles. The van der Waals surface area contributed by atoms with E-state index < -0.39 is 0 Å². The predicted molar refractivity (Wildman–Crippen MR) is 103 cm³/mol. The Kier molecular flexibility index (Phi) is 3.94. The minimum atomic E-state index is 0.130. The molecular formula is C21H16N4O3. The molecule has 2 aliphatic rings. The molecule has 28 heavy (non-hydrogen) atoms. The molecule has 0 unspecified atom stereocenters. The Hall–Kier alpha value is -3.97. The fraction of sp³-hybridized carbons (Fsp3) is 0.190. The van der Waals surface area contributed by atoms with Crippen molar-refractivity contribution in [3.63, 3.8) is 0 Å². The molecule has 2 N–H and O–H groups in total. The summed E-state index contributed by atoms with van der Waals surface area (Å²) < 4.78 is 16.3. The number of nitrogen functional groups attached to an aromatic ring is 1. The van der Waals surface area contributed by atoms with E-state index in [-0.39, 0.29) is 12.6 Å². The zero-order valence-electron chi connectivity index (χ0n) is 15.6. The Bertz CT molecular complexity index is 1180. The normalized spacial score (nSPS) is 15.4. The highest BCUT2D eigenvalue weighted by Gasteiger charge is 2.30. The number of nitriles is 2. The molecule has 1 aromatic heterocycles. The van der Waals surface area contributed by atoms with Gasteiger partial charge in [-0.2, -0.15) is 10.5 Å². The van der Waals surface area contributed by atoms with Crippen LogP contribution < -0.4 is 19.9 Å². The van der Waals surface area contributed by atoms with Gasteiger partial charge in [0.15, 0.2) is 11.5 Å². The number of nitrogens with zero attached hydrogens (tertiary/aromatic N) is 3. The third-order valence-electron chi connectivity index (χ3n) is 4.98. The quantitative estimate of drug-likeness (QED) is 0.859. The van der Waals surface area contributed by atoms with Crippen molar-refractivity contribution in [3.8, 4) is 29.4 Å². The van der Waals surface area contributed by atoms with Gasteiger partial charge in [0.05, 0.1) is 23.9 Å². The summed E-state index contributed by atoms with van der Waals surface area (Å²) in [6, 6.07) is 8.00. The first-order valence-corrected chi connectivity index (χ1v) is 8.51. The molecule has 4 rings (SSSR count). The Morgan fingerprint density at radius 3 is 2.68 bits per heavy atom. The highest BCUT2D eigenvalue weighted by molar-refractivity contribution is 6.08. The highest BCUT2D eigenvalue weighted by Crippen LogP contribution is 2.46. The van der Waals surface area contributed by atoms with E-state index in [2.05, 4.69) is 17.1 Å². The maximum absolute atomic E-state index is 9.65. The summed E-state index contributed by atoms with van der Waals surface area (Å²) >= 11 is 0. The number of pyridine rings is 1. The topological polar surface area (TPSA) is 114 Å². The van der Waals surface area contributed by atoms with Crippen LogP contribution in [0.4, 0.5) is 5.82 Å². The number of rotatable bonds is 2. The van der Waals surface area contributed by atoms with Crippen molar-refractivity contribution < 1.29 is 14.2 Å². The molecule has 2 aromatic rings. The largest absolute Gasteiger partial charge is 0.493 e. The minimum absolute atomic E-state index is 0.130. The van der Waals surface area contributed by atoms with Crippen molar-refractivity contribution in [2.75, 3.05) is 19.6 Å². The van der Waals surface area contributed by atoms with Gasteiger partial charge in [-0.05, 0) is 54.3 Å². The van der Waals surface area contributed by atoms with Crippen LogP contribution in [0.5, 0.6) is 17.2 Å². The van der Waals surface area contributed by atoms with Crippen molar-refractivity contribution >= 4 is 23.0 Å². The number of hydrogen-bond acceptors (Lipinski definition) is 7. The SMILES string of the molecule is COc1cc(/C=C2/C(C)=C(C#N)c3nc(N)c(C#N)c(C)c32)cc2c1OCO2. The van der Waals surface area contributed by atoms with Crippen LogP contribution in [0.1, 0.15) is 34.9 Å². The molecule has 1 aromatic carbocycles. The van der Waals surface area contributed by atoms with Crippen LogP contribution in [-0.2, 0) is 0 Å². The molecule has 0 amide bonds. The second-order valence-electron chi connectivity index (χ2n) is 6.46. The molecule has 0 fully saturated rings. The van der Waals surface area contributed by atoms with Crippen LogP contribution in [-0.4, -0.2) is 18.9 Å². The number of fused-ring (bicyclic) bond motifs is 2. The smallest absolute Gasteiger partial charge is 0.231 e. The average Bonchev–Trinajstić information content (AvgIpc) is 3.24. The maximum Gasteiger partial charge on any atom is 0.231 e. The van der Waals surface area contributed by atoms with Crippen LogP contribution >= 0.6 is 0 Å². The summed E-state index contributed by atoms with van der Waals surface area (Å²) in [5, 5.41) is 19.1. The van der Waals surface area contributed by atoms with Crippen molar-refractivity contribution in [1.82, 2.24) is 4.98 Å². The van der Waals surface area contributed by atoms with Gasteiger partial charge in [0.25, 0.3) is 0 Å². The highest BCUT2D eigenvalue weighted by atomic mass is 16.7. The second-order valence-corrected chi connectivity index (χ2v) is 6.46. The van der Waals surface area contributed by atoms with E-state index in [0.717, 1.165) is 22.3 Å². The summed E-state index contributed by atoms with van der Waals surface area (Å²) in [6.45, 7) is 3.81. The predicted octanol–water partition coefficient (Wildman–Crippen LogP) is 3.43. The summed E-state index contributed by atoms with van der Waals surface area (Å²) in [7, 11) is 1.56. The molecule has 0 saturated carbocycles. The number of aromatic nitrogens is 1. The third kappa shape index (κ3) is 2.38. The lowest BCUT2D eigenvalue weighted by Crippen LogP contribution is -2.03. The minimum Gasteiger partial charge on any atom is -0.493 e. The molecule has 0 atom stereocenters. The van der Waals surface area contributed by atoms with Gasteiger partial charge in [0.1, 0.15) is 18.0 Å². The number of hydrogen-bond donors (Lipinski definition) is 1. The van der Waals surface area contributed by atoms with E-state index in [1.54, 1.807) is 7.11 Å². The maximum atomic E-state index is 9.65. The van der Waals surface area contributed by atoms with Gasteiger partial charge in [-0.25, -0.2) is 4.98 Å². The first-order valence-electron chi connectivity index (χ1n) is 8.51. The van der Waals surface area contributed by atoms with Gasteiger partial charge in [0, 0.05) is 5.56 Å². The second kappa shape index (κ2) is 6.33. The van der Waals surface area contributed by atoms with E-state index >= 15 is 0 Å². The van der Waals surface area contributed by atoms with Gasteiger partial charge in [-0.1, -0.05) is 0 Å². The first kappa shape index (κ1) is 17.4. The van der Waals surface area contributed by atoms with Gasteiger partial charge in [-0.3, -0.25) is 0 Å². The number of benzene rings is 1. The van der Waals surface area contributed by atoms with Crippen molar-refractivity contribution in [2.45, 2.75) is 13.8 Å². The van der Waals surface area contributed by atoms with E-state index in [0.29, 0.717) is 39.6 Å². The molecule has 138 valence electrons. The lowest BCUT2D eigenvalue weighted by molar-refractivity contribution is 0.171. The average molecular weight is 372 g/mol. The molecule has 7 heteroatoms. The van der Waals surface area contributed by atoms with Crippen LogP contribution in [0, 0.1) is 29.6 Å². The molecule has 0 bridgehead atoms. The molecule has 2 heterocycles. The number of nitrogens with two attached hydrogens (primary N) is 1. The van der Waals surface area contributed by atoms with Gasteiger partial charge < -0.3 is 19.9 Å². The lowest BCUT2D eigenvalue weighted by Gasteiger charge is -2.11. The molecule has 0 saturated heterocycles. The Labute approximate surface area is 161 Å². The van der Waals surface area contributed by atoms with Crippen LogP contribution in [0.2, 0.25) is 0 Å². The summed E-state index contributed by atoms with van der Waals surface area (Å²) in [5.41, 5.74) is 11.1. The van der Waals surface area contributed by atoms with E-state index in [1.807, 2.05) is 32.1 Å². The third-order valence-corrected chi connectivity index (χ3v) is 4.98. The van der Waals surface area contributed by atoms with Gasteiger partial charge in [-0.15, -0.1) is 0 Å². The number of anilines is 1. The van der Waals surface area contributed by atoms with E-state index in [4.69, 9.17) is 19.9 Å². The zero-order valence-corrected chi connectivity index (χ0v) is 15.6. The number of ether oxygens (including phenoxy) is 3. The Morgan fingerprint density at radius 1 is 1.21 bits per heavy atom. The van der Waals surface area contributed by atoms with Crippen molar-refractivity contribution in [3.05, 3.63) is 45.7 Å². The van der Waals surface area contributed by atoms with Gasteiger partial charge in [0.2, 0.25) is 12.5 Å². The lowest BCUT2D eigenvalue weighted by atomic mass is 9.95. The van der Waals surface area contributed by atoms with Crippen LogP contribution in [0.15, 0.2) is 17.7 Å². The summed E-state index contributed by atoms with van der Waals surface area (Å²) in [4.78, 5) is 4.34. The van der Waals surface area contributed by atoms with Crippen molar-refractivity contribution in [1.29, 1.82) is 10.5 Å². The molecule has 0 radical (unpaired) electrons. The molecule has 7 nitrogen and oxygen atoms in total. The monoisotopic (exact) mass is 372 g/mol. The summed E-state index contributed by atoms with van der Waals surface area (Å²) in [5.74, 6) is 1.85.